The zero-order chi connectivity index (χ0) is 36.5. The predicted molar refractivity (Wildman–Crippen MR) is 175 cm³/mol. The Morgan fingerprint density at radius 1 is 0.820 bits per heavy atom. The van der Waals surface area contributed by atoms with Gasteiger partial charge in [-0.3, -0.25) is 24.0 Å². The summed E-state index contributed by atoms with van der Waals surface area (Å²) in [5.74, 6) is -1.69. The van der Waals surface area contributed by atoms with Gasteiger partial charge in [-0.25, -0.2) is 0 Å². The largest absolute Gasteiger partial charge is 0.463 e. The van der Waals surface area contributed by atoms with E-state index < -0.39 is 54.6 Å². The van der Waals surface area contributed by atoms with E-state index >= 15 is 0 Å². The first-order valence-corrected chi connectivity index (χ1v) is 18.0. The number of aliphatic hydroxyl groups is 1. The van der Waals surface area contributed by atoms with E-state index in [0.29, 0.717) is 17.8 Å². The van der Waals surface area contributed by atoms with Gasteiger partial charge in [0.25, 0.3) is 0 Å². The number of ketones is 1. The van der Waals surface area contributed by atoms with Gasteiger partial charge in [-0.15, -0.1) is 0 Å². The Morgan fingerprint density at radius 2 is 1.46 bits per heavy atom. The first-order valence-electron chi connectivity index (χ1n) is 18.0. The molecule has 13 atom stereocenters. The van der Waals surface area contributed by atoms with E-state index in [0.717, 1.165) is 58.8 Å². The molecule has 5 aliphatic rings. The molecule has 0 amide bonds. The molecule has 13 nitrogen and oxygen atoms in total. The van der Waals surface area contributed by atoms with Crippen molar-refractivity contribution >= 4 is 29.7 Å². The number of fused-ring (bicyclic) bond motifs is 5. The maximum Gasteiger partial charge on any atom is 0.303 e. The number of rotatable bonds is 11. The molecule has 280 valence electrons. The summed E-state index contributed by atoms with van der Waals surface area (Å²) < 4.78 is 40.1. The van der Waals surface area contributed by atoms with Crippen molar-refractivity contribution in [2.75, 3.05) is 19.8 Å². The van der Waals surface area contributed by atoms with Gasteiger partial charge in [0.1, 0.15) is 18.5 Å². The summed E-state index contributed by atoms with van der Waals surface area (Å²) in [7, 11) is 0. The highest BCUT2D eigenvalue weighted by Gasteiger charge is 2.62. The Bertz CT molecular complexity index is 1340. The summed E-state index contributed by atoms with van der Waals surface area (Å²) in [6.07, 6.45) is 1.70. The van der Waals surface area contributed by atoms with Crippen LogP contribution in [0.1, 0.15) is 93.4 Å². The van der Waals surface area contributed by atoms with E-state index in [1.807, 2.05) is 0 Å². The molecule has 1 saturated heterocycles. The van der Waals surface area contributed by atoms with Gasteiger partial charge >= 0.3 is 23.9 Å². The average molecular weight is 707 g/mol. The predicted octanol–water partition coefficient (Wildman–Crippen LogP) is 3.61. The van der Waals surface area contributed by atoms with Gasteiger partial charge in [-0.2, -0.15) is 0 Å². The van der Waals surface area contributed by atoms with Crippen LogP contribution >= 0.6 is 0 Å². The first-order chi connectivity index (χ1) is 23.5. The van der Waals surface area contributed by atoms with Crippen molar-refractivity contribution in [3.8, 4) is 0 Å². The summed E-state index contributed by atoms with van der Waals surface area (Å²) >= 11 is 0. The third-order valence-corrected chi connectivity index (χ3v) is 12.2. The topological polar surface area (TPSA) is 170 Å². The number of ether oxygens (including phenoxy) is 7. The Kier molecular flexibility index (Phi) is 11.8. The zero-order valence-corrected chi connectivity index (χ0v) is 30.3. The molecule has 4 fully saturated rings. The molecule has 0 unspecified atom stereocenters. The van der Waals surface area contributed by atoms with Crippen LogP contribution in [0.3, 0.4) is 0 Å². The molecule has 50 heavy (non-hydrogen) atoms. The fourth-order valence-electron chi connectivity index (χ4n) is 10.2. The molecule has 3 saturated carbocycles. The lowest BCUT2D eigenvalue weighted by Gasteiger charge is -2.57. The third-order valence-electron chi connectivity index (χ3n) is 12.2. The van der Waals surface area contributed by atoms with Crippen molar-refractivity contribution in [2.24, 2.45) is 34.5 Å². The van der Waals surface area contributed by atoms with Crippen LogP contribution in [0, 0.1) is 34.5 Å². The van der Waals surface area contributed by atoms with Crippen molar-refractivity contribution in [3.05, 3.63) is 11.6 Å². The van der Waals surface area contributed by atoms with E-state index in [9.17, 15) is 29.1 Å². The molecule has 5 rings (SSSR count). The van der Waals surface area contributed by atoms with Crippen molar-refractivity contribution in [3.63, 3.8) is 0 Å². The molecule has 4 aliphatic carbocycles. The van der Waals surface area contributed by atoms with Gasteiger partial charge in [-0.05, 0) is 80.5 Å². The Labute approximate surface area is 294 Å². The quantitative estimate of drug-likeness (QED) is 0.143. The Morgan fingerprint density at radius 3 is 2.10 bits per heavy atom. The molecule has 1 heterocycles. The highest BCUT2D eigenvalue weighted by molar-refractivity contribution is 5.80. The summed E-state index contributed by atoms with van der Waals surface area (Å²) in [5.41, 5.74) is 1.27. The second-order valence-corrected chi connectivity index (χ2v) is 15.4. The van der Waals surface area contributed by atoms with Crippen LogP contribution < -0.4 is 0 Å². The molecule has 13 heteroatoms. The molecule has 0 aromatic carbocycles. The minimum absolute atomic E-state index is 0.0329. The molecular formula is C37H54O13. The fraction of sp³-hybridized carbons (Fsp3) is 0.811. The first kappa shape index (κ1) is 38.4. The zero-order valence-electron chi connectivity index (χ0n) is 30.3. The minimum atomic E-state index is -1.33. The van der Waals surface area contributed by atoms with Crippen LogP contribution in [0.2, 0.25) is 0 Å². The number of Topliss-reactive ketones (excluding diaryl/α,β-unsaturated/α-hetero) is 1. The summed E-state index contributed by atoms with van der Waals surface area (Å²) in [4.78, 5) is 61.2. The number of aliphatic hydroxyl groups excluding tert-OH is 1. The lowest BCUT2D eigenvalue weighted by Crippen LogP contribution is -2.63. The average Bonchev–Trinajstić information content (AvgIpc) is 3.33. The van der Waals surface area contributed by atoms with Gasteiger partial charge in [0.2, 0.25) is 0 Å². The second kappa shape index (κ2) is 15.4. The van der Waals surface area contributed by atoms with Gasteiger partial charge in [0.05, 0.1) is 25.4 Å². The molecule has 0 radical (unpaired) electrons. The van der Waals surface area contributed by atoms with Crippen LogP contribution in [0.25, 0.3) is 0 Å². The number of carbonyl (C=O) groups excluding carboxylic acids is 5. The number of esters is 4. The molecular weight excluding hydrogens is 652 g/mol. The molecule has 1 aliphatic heterocycles. The molecule has 0 spiro atoms. The smallest absolute Gasteiger partial charge is 0.303 e. The van der Waals surface area contributed by atoms with Crippen LogP contribution in [-0.2, 0) is 57.1 Å². The minimum Gasteiger partial charge on any atom is -0.463 e. The summed E-state index contributed by atoms with van der Waals surface area (Å²) in [6, 6.07) is 0. The molecule has 0 bridgehead atoms. The maximum atomic E-state index is 13.3. The summed E-state index contributed by atoms with van der Waals surface area (Å²) in [6.45, 7) is 10.7. The second-order valence-electron chi connectivity index (χ2n) is 15.4. The van der Waals surface area contributed by atoms with E-state index in [4.69, 9.17) is 33.2 Å². The highest BCUT2D eigenvalue weighted by Crippen LogP contribution is 2.66. The van der Waals surface area contributed by atoms with Crippen LogP contribution in [0.15, 0.2) is 11.6 Å². The maximum absolute atomic E-state index is 13.3. The summed E-state index contributed by atoms with van der Waals surface area (Å²) in [5, 5.41) is 10.4. The SMILES string of the molecule is CC(=O)OC[C@H]1O[C@H](OCCO[C@@H]2C[C@H]3[C@@H]4CC=C5C[C@@H](O)CC[C@]5(C)[C@H]4CC[C@]3(C)[C@H]2C(C)=O)[C@@H](OC(C)=O)[C@@H](OC(C)=O)[C@@H]1OC(C)=O. The van der Waals surface area contributed by atoms with Gasteiger partial charge in [0, 0.05) is 33.6 Å². The van der Waals surface area contributed by atoms with Crippen LogP contribution in [-0.4, -0.2) is 97.5 Å². The lowest BCUT2D eigenvalue weighted by molar-refractivity contribution is -0.309. The third kappa shape index (κ3) is 7.80. The number of hydrogen-bond donors (Lipinski definition) is 1. The normalized spacial score (nSPS) is 40.6. The number of hydrogen-bond acceptors (Lipinski definition) is 13. The van der Waals surface area contributed by atoms with Gasteiger partial charge in [0.15, 0.2) is 24.6 Å². The van der Waals surface area contributed by atoms with Crippen molar-refractivity contribution in [2.45, 2.75) is 136 Å². The van der Waals surface area contributed by atoms with Crippen molar-refractivity contribution < 1.29 is 62.2 Å². The van der Waals surface area contributed by atoms with Crippen molar-refractivity contribution in [1.29, 1.82) is 0 Å². The van der Waals surface area contributed by atoms with E-state index in [1.165, 1.54) is 19.4 Å². The van der Waals surface area contributed by atoms with E-state index in [-0.39, 0.29) is 54.6 Å². The molecule has 0 aromatic rings. The Balaban J connectivity index is 1.29. The van der Waals surface area contributed by atoms with Gasteiger partial charge < -0.3 is 38.3 Å². The van der Waals surface area contributed by atoms with Crippen molar-refractivity contribution in [1.82, 2.24) is 0 Å². The van der Waals surface area contributed by atoms with Crippen LogP contribution in [0.4, 0.5) is 0 Å². The molecule has 1 N–H and O–H groups in total. The number of allylic oxidation sites excluding steroid dienone is 1. The van der Waals surface area contributed by atoms with Gasteiger partial charge in [-0.1, -0.05) is 25.5 Å². The standard InChI is InChI=1S/C37H54O13/c1-19(38)31-29(17-28-26-9-8-24-16-25(43)10-12-36(24,6)27(26)11-13-37(28,31)7)44-14-15-45-35-34(49-23(5)42)33(48-22(4)41)32(47-21(3)40)30(50-35)18-46-20(2)39/h8,25-35,43H,9-18H2,1-7H3/t25-,26+,27-,28-,29+,30+,31-,32+,33-,34-,35-,36-,37-/m0/s1. The number of carbonyl (C=O) groups is 5. The fourth-order valence-corrected chi connectivity index (χ4v) is 10.2. The highest BCUT2D eigenvalue weighted by atomic mass is 16.7. The van der Waals surface area contributed by atoms with E-state index in [2.05, 4.69) is 19.9 Å². The van der Waals surface area contributed by atoms with E-state index in [1.54, 1.807) is 6.92 Å². The lowest BCUT2D eigenvalue weighted by atomic mass is 9.47. The monoisotopic (exact) mass is 706 g/mol. The molecule has 0 aromatic heterocycles. The Hall–Kier alpha value is -2.87. The van der Waals surface area contributed by atoms with Crippen LogP contribution in [0.5, 0.6) is 0 Å².